The molecule has 0 bridgehead atoms. The zero-order valence-corrected chi connectivity index (χ0v) is 11.1. The number of aryl methyl sites for hydroxylation is 1. The molecule has 0 radical (unpaired) electrons. The van der Waals surface area contributed by atoms with E-state index in [9.17, 15) is 9.90 Å². The minimum absolute atomic E-state index is 0.178. The van der Waals surface area contributed by atoms with E-state index >= 15 is 0 Å². The number of carbonyl (C=O) groups is 1. The highest BCUT2D eigenvalue weighted by Crippen LogP contribution is 2.32. The molecule has 0 saturated heterocycles. The number of rotatable bonds is 3. The lowest BCUT2D eigenvalue weighted by Gasteiger charge is -2.20. The molecule has 16 heavy (non-hydrogen) atoms. The third-order valence-corrected chi connectivity index (χ3v) is 3.01. The highest BCUT2D eigenvalue weighted by Gasteiger charge is 2.28. The molecule has 1 aromatic rings. The summed E-state index contributed by atoms with van der Waals surface area (Å²) in [5.41, 5.74) is 0.509. The van der Waals surface area contributed by atoms with Gasteiger partial charge in [-0.2, -0.15) is 0 Å². The smallest absolute Gasteiger partial charge is 0.309 e. The molecular weight excluding hydrogens is 272 g/mol. The first-order valence-corrected chi connectivity index (χ1v) is 5.75. The number of phenolic OH excluding ortho intramolecular Hbond substituents is 1. The van der Waals surface area contributed by atoms with Crippen LogP contribution in [0.2, 0.25) is 0 Å². The van der Waals surface area contributed by atoms with E-state index in [4.69, 9.17) is 5.11 Å². The molecule has 88 valence electrons. The molecule has 3 nitrogen and oxygen atoms in total. The minimum Gasteiger partial charge on any atom is -0.507 e. The molecule has 1 aromatic carbocycles. The second-order valence-electron chi connectivity index (χ2n) is 4.60. The van der Waals surface area contributed by atoms with Crippen molar-refractivity contribution in [2.75, 3.05) is 0 Å². The van der Waals surface area contributed by atoms with Gasteiger partial charge in [-0.25, -0.2) is 0 Å². The van der Waals surface area contributed by atoms with Crippen LogP contribution in [-0.2, 0) is 11.2 Å². The Bertz CT molecular complexity index is 425. The van der Waals surface area contributed by atoms with Crippen LogP contribution < -0.4 is 0 Å². The summed E-state index contributed by atoms with van der Waals surface area (Å²) in [5.74, 6) is -0.693. The first-order chi connectivity index (χ1) is 7.24. The van der Waals surface area contributed by atoms with Crippen LogP contribution in [0.4, 0.5) is 0 Å². The lowest BCUT2D eigenvalue weighted by atomic mass is 9.85. The summed E-state index contributed by atoms with van der Waals surface area (Å²) in [6, 6.07) is 3.56. The average Bonchev–Trinajstić information content (AvgIpc) is 2.12. The Kier molecular flexibility index (Phi) is 3.63. The van der Waals surface area contributed by atoms with Gasteiger partial charge >= 0.3 is 5.97 Å². The fraction of sp³-hybridized carbons (Fsp3) is 0.417. The van der Waals surface area contributed by atoms with E-state index in [1.807, 2.05) is 0 Å². The number of carboxylic acid groups (broad SMARTS) is 1. The third kappa shape index (κ3) is 2.76. The predicted molar refractivity (Wildman–Crippen MR) is 65.7 cm³/mol. The summed E-state index contributed by atoms with van der Waals surface area (Å²) in [4.78, 5) is 11.0. The largest absolute Gasteiger partial charge is 0.507 e. The molecule has 0 saturated carbocycles. The van der Waals surface area contributed by atoms with Gasteiger partial charge in [0.2, 0.25) is 0 Å². The number of halogens is 1. The average molecular weight is 287 g/mol. The van der Waals surface area contributed by atoms with Crippen molar-refractivity contribution in [3.63, 3.8) is 0 Å². The number of phenols is 1. The van der Waals surface area contributed by atoms with Gasteiger partial charge in [0.15, 0.2) is 0 Å². The molecule has 0 heterocycles. The van der Waals surface area contributed by atoms with Crippen LogP contribution in [0.15, 0.2) is 16.6 Å². The van der Waals surface area contributed by atoms with Crippen LogP contribution in [0.5, 0.6) is 5.75 Å². The van der Waals surface area contributed by atoms with Crippen molar-refractivity contribution in [1.82, 2.24) is 0 Å². The summed E-state index contributed by atoms with van der Waals surface area (Å²) in [7, 11) is 0. The Hall–Kier alpha value is -1.03. The van der Waals surface area contributed by atoms with Crippen molar-refractivity contribution < 1.29 is 15.0 Å². The fourth-order valence-corrected chi connectivity index (χ4v) is 2.11. The van der Waals surface area contributed by atoms with Gasteiger partial charge < -0.3 is 10.2 Å². The third-order valence-electron chi connectivity index (χ3n) is 2.56. The Morgan fingerprint density at radius 3 is 2.50 bits per heavy atom. The molecule has 0 spiro atoms. The zero-order valence-electron chi connectivity index (χ0n) is 9.54. The zero-order chi connectivity index (χ0) is 12.5. The molecule has 1 rings (SSSR count). The van der Waals surface area contributed by atoms with E-state index in [1.54, 1.807) is 32.9 Å². The van der Waals surface area contributed by atoms with Gasteiger partial charge in [-0.15, -0.1) is 0 Å². The Labute approximate surface area is 103 Å². The predicted octanol–water partition coefficient (Wildman–Crippen LogP) is 3.12. The number of aliphatic carboxylic acids is 1. The summed E-state index contributed by atoms with van der Waals surface area (Å²) >= 11 is 3.33. The molecule has 0 aromatic heterocycles. The van der Waals surface area contributed by atoms with Crippen molar-refractivity contribution >= 4 is 21.9 Å². The highest BCUT2D eigenvalue weighted by atomic mass is 79.9. The molecule has 4 heteroatoms. The maximum Gasteiger partial charge on any atom is 0.309 e. The summed E-state index contributed by atoms with van der Waals surface area (Å²) in [6.45, 7) is 5.08. The van der Waals surface area contributed by atoms with Crippen molar-refractivity contribution in [2.45, 2.75) is 27.2 Å². The Morgan fingerprint density at radius 2 is 2.00 bits per heavy atom. The van der Waals surface area contributed by atoms with E-state index in [0.717, 1.165) is 10.0 Å². The van der Waals surface area contributed by atoms with E-state index in [1.165, 1.54) is 0 Å². The van der Waals surface area contributed by atoms with Gasteiger partial charge in [0.1, 0.15) is 5.75 Å². The highest BCUT2D eigenvalue weighted by molar-refractivity contribution is 9.10. The maximum absolute atomic E-state index is 11.0. The van der Waals surface area contributed by atoms with E-state index < -0.39 is 11.4 Å². The number of carboxylic acids is 1. The second kappa shape index (κ2) is 4.45. The fourth-order valence-electron chi connectivity index (χ4n) is 1.49. The van der Waals surface area contributed by atoms with Crippen LogP contribution in [0.1, 0.15) is 25.0 Å². The number of aromatic hydroxyl groups is 1. The second-order valence-corrected chi connectivity index (χ2v) is 5.51. The number of hydrogen-bond donors (Lipinski definition) is 2. The first-order valence-electron chi connectivity index (χ1n) is 4.95. The van der Waals surface area contributed by atoms with Gasteiger partial charge in [-0.1, -0.05) is 15.9 Å². The van der Waals surface area contributed by atoms with Crippen LogP contribution in [0.25, 0.3) is 0 Å². The summed E-state index contributed by atoms with van der Waals surface area (Å²) < 4.78 is 0.846. The van der Waals surface area contributed by atoms with Crippen LogP contribution in [0.3, 0.4) is 0 Å². The lowest BCUT2D eigenvalue weighted by Crippen LogP contribution is -2.26. The Balaban J connectivity index is 3.11. The topological polar surface area (TPSA) is 57.5 Å². The van der Waals surface area contributed by atoms with Crippen LogP contribution in [0, 0.1) is 12.3 Å². The first kappa shape index (κ1) is 13.0. The standard InChI is InChI=1S/C12H15BrO3/c1-7-4-9(13)5-8(10(7)14)6-12(2,3)11(15)16/h4-5,14H,6H2,1-3H3,(H,15,16). The van der Waals surface area contributed by atoms with Crippen LogP contribution in [-0.4, -0.2) is 16.2 Å². The Morgan fingerprint density at radius 1 is 1.44 bits per heavy atom. The van der Waals surface area contributed by atoms with Gasteiger partial charge in [0.05, 0.1) is 5.41 Å². The number of benzene rings is 1. The van der Waals surface area contributed by atoms with Crippen molar-refractivity contribution in [3.8, 4) is 5.75 Å². The molecule has 0 amide bonds. The van der Waals surface area contributed by atoms with Gasteiger partial charge in [0, 0.05) is 4.47 Å². The SMILES string of the molecule is Cc1cc(Br)cc(CC(C)(C)C(=O)O)c1O. The van der Waals surface area contributed by atoms with Crippen LogP contribution >= 0.6 is 15.9 Å². The number of hydrogen-bond acceptors (Lipinski definition) is 2. The van der Waals surface area contributed by atoms with Crippen molar-refractivity contribution in [3.05, 3.63) is 27.7 Å². The van der Waals surface area contributed by atoms with E-state index in [2.05, 4.69) is 15.9 Å². The minimum atomic E-state index is -0.884. The molecule has 0 fully saturated rings. The normalized spacial score (nSPS) is 11.5. The molecular formula is C12H15BrO3. The molecule has 0 aliphatic carbocycles. The van der Waals surface area contributed by atoms with Crippen molar-refractivity contribution in [2.24, 2.45) is 5.41 Å². The molecule has 0 unspecified atom stereocenters. The molecule has 0 atom stereocenters. The van der Waals surface area contributed by atoms with Gasteiger partial charge in [-0.05, 0) is 50.5 Å². The van der Waals surface area contributed by atoms with Gasteiger partial charge in [-0.3, -0.25) is 4.79 Å². The summed E-state index contributed by atoms with van der Waals surface area (Å²) in [6.07, 6.45) is 0.300. The lowest BCUT2D eigenvalue weighted by molar-refractivity contribution is -0.146. The quantitative estimate of drug-likeness (QED) is 0.898. The maximum atomic E-state index is 11.0. The molecule has 0 aliphatic rings. The molecule has 0 aliphatic heterocycles. The van der Waals surface area contributed by atoms with E-state index in [0.29, 0.717) is 12.0 Å². The van der Waals surface area contributed by atoms with E-state index in [-0.39, 0.29) is 5.75 Å². The van der Waals surface area contributed by atoms with Gasteiger partial charge in [0.25, 0.3) is 0 Å². The summed E-state index contributed by atoms with van der Waals surface area (Å²) in [5, 5.41) is 18.9. The van der Waals surface area contributed by atoms with Crippen molar-refractivity contribution in [1.29, 1.82) is 0 Å². The monoisotopic (exact) mass is 286 g/mol. The molecule has 2 N–H and O–H groups in total.